The second kappa shape index (κ2) is 6.85. The highest BCUT2D eigenvalue weighted by molar-refractivity contribution is 7.88. The van der Waals surface area contributed by atoms with Gasteiger partial charge in [-0.25, -0.2) is 12.7 Å². The molecule has 0 aromatic heterocycles. The second-order valence-corrected chi connectivity index (χ2v) is 6.72. The van der Waals surface area contributed by atoms with E-state index >= 15 is 0 Å². The molecule has 1 atom stereocenters. The number of nitrogens with one attached hydrogen (secondary N) is 2. The summed E-state index contributed by atoms with van der Waals surface area (Å²) >= 11 is 0. The third kappa shape index (κ3) is 5.56. The van der Waals surface area contributed by atoms with Crippen molar-refractivity contribution in [2.45, 2.75) is 19.8 Å². The molecule has 0 aromatic rings. The van der Waals surface area contributed by atoms with E-state index in [0.717, 1.165) is 6.26 Å². The van der Waals surface area contributed by atoms with E-state index < -0.39 is 10.0 Å². The highest BCUT2D eigenvalue weighted by Gasteiger charge is 2.29. The molecule has 1 aliphatic rings. The van der Waals surface area contributed by atoms with E-state index in [-0.39, 0.29) is 24.3 Å². The molecule has 1 saturated heterocycles. The summed E-state index contributed by atoms with van der Waals surface area (Å²) in [5.74, 6) is -0.602. The molecule has 0 bridgehead atoms. The lowest BCUT2D eigenvalue weighted by atomic mass is 9.99. The van der Waals surface area contributed by atoms with Gasteiger partial charge in [0.2, 0.25) is 21.8 Å². The Bertz CT molecular complexity index is 435. The first-order chi connectivity index (χ1) is 8.80. The van der Waals surface area contributed by atoms with Crippen LogP contribution in [0.25, 0.3) is 0 Å². The fourth-order valence-electron chi connectivity index (χ4n) is 2.03. The van der Waals surface area contributed by atoms with Crippen LogP contribution in [0.1, 0.15) is 19.8 Å². The lowest BCUT2D eigenvalue weighted by Gasteiger charge is -2.30. The van der Waals surface area contributed by atoms with Gasteiger partial charge in [-0.3, -0.25) is 9.59 Å². The van der Waals surface area contributed by atoms with Crippen molar-refractivity contribution in [3.63, 3.8) is 0 Å². The van der Waals surface area contributed by atoms with Crippen molar-refractivity contribution >= 4 is 21.8 Å². The normalized spacial score (nSPS) is 20.8. The topological polar surface area (TPSA) is 95.6 Å². The molecular formula is C11H21N3O4S. The molecular weight excluding hydrogens is 270 g/mol. The van der Waals surface area contributed by atoms with Crippen molar-refractivity contribution in [3.05, 3.63) is 0 Å². The fraction of sp³-hybridized carbons (Fsp3) is 0.818. The van der Waals surface area contributed by atoms with Crippen LogP contribution in [0.2, 0.25) is 0 Å². The van der Waals surface area contributed by atoms with Gasteiger partial charge in [-0.15, -0.1) is 0 Å². The minimum Gasteiger partial charge on any atom is -0.355 e. The summed E-state index contributed by atoms with van der Waals surface area (Å²) in [7, 11) is -3.23. The third-order valence-electron chi connectivity index (χ3n) is 3.02. The maximum absolute atomic E-state index is 11.9. The second-order valence-electron chi connectivity index (χ2n) is 4.73. The summed E-state index contributed by atoms with van der Waals surface area (Å²) in [5.41, 5.74) is 0. The van der Waals surface area contributed by atoms with Gasteiger partial charge in [0.1, 0.15) is 0 Å². The number of sulfonamides is 1. The SMILES string of the molecule is CC(=O)NCCNC(=O)C1CCCN(S(C)(=O)=O)C1. The molecule has 0 aliphatic carbocycles. The summed E-state index contributed by atoms with van der Waals surface area (Å²) in [6.45, 7) is 2.86. The van der Waals surface area contributed by atoms with Crippen LogP contribution in [-0.2, 0) is 19.6 Å². The predicted molar refractivity (Wildman–Crippen MR) is 70.8 cm³/mol. The highest BCUT2D eigenvalue weighted by Crippen LogP contribution is 2.18. The van der Waals surface area contributed by atoms with Crippen molar-refractivity contribution in [2.75, 3.05) is 32.4 Å². The summed E-state index contributed by atoms with van der Waals surface area (Å²) < 4.78 is 24.2. The molecule has 110 valence electrons. The number of hydrogen-bond acceptors (Lipinski definition) is 4. The summed E-state index contributed by atoms with van der Waals surface area (Å²) in [5, 5.41) is 5.28. The van der Waals surface area contributed by atoms with Crippen LogP contribution in [-0.4, -0.2) is 57.0 Å². The van der Waals surface area contributed by atoms with Crippen molar-refractivity contribution in [1.82, 2.24) is 14.9 Å². The van der Waals surface area contributed by atoms with Gasteiger partial charge >= 0.3 is 0 Å². The van der Waals surface area contributed by atoms with Crippen LogP contribution < -0.4 is 10.6 Å². The van der Waals surface area contributed by atoms with Gasteiger partial charge in [0.05, 0.1) is 12.2 Å². The average molecular weight is 291 g/mol. The van der Waals surface area contributed by atoms with Gasteiger partial charge < -0.3 is 10.6 Å². The van der Waals surface area contributed by atoms with Crippen LogP contribution in [0.15, 0.2) is 0 Å². The molecule has 7 nitrogen and oxygen atoms in total. The fourth-order valence-corrected chi connectivity index (χ4v) is 2.94. The van der Waals surface area contributed by atoms with E-state index in [4.69, 9.17) is 0 Å². The van der Waals surface area contributed by atoms with E-state index in [1.807, 2.05) is 0 Å². The predicted octanol–water partition coefficient (Wildman–Crippen LogP) is -1.09. The van der Waals surface area contributed by atoms with E-state index in [9.17, 15) is 18.0 Å². The Morgan fingerprint density at radius 1 is 1.26 bits per heavy atom. The number of amides is 2. The number of hydrogen-bond donors (Lipinski definition) is 2. The van der Waals surface area contributed by atoms with E-state index in [2.05, 4.69) is 10.6 Å². The summed E-state index contributed by atoms with van der Waals surface area (Å²) in [4.78, 5) is 22.5. The largest absolute Gasteiger partial charge is 0.355 e. The molecule has 0 aromatic carbocycles. The van der Waals surface area contributed by atoms with Crippen molar-refractivity contribution in [1.29, 1.82) is 0 Å². The summed E-state index contributed by atoms with van der Waals surface area (Å²) in [6, 6.07) is 0. The minimum absolute atomic E-state index is 0.143. The average Bonchev–Trinajstić information content (AvgIpc) is 2.33. The number of nitrogens with zero attached hydrogens (tertiary/aromatic N) is 1. The zero-order chi connectivity index (χ0) is 14.5. The lowest BCUT2D eigenvalue weighted by Crippen LogP contribution is -2.46. The molecule has 1 unspecified atom stereocenters. The number of rotatable bonds is 5. The lowest BCUT2D eigenvalue weighted by molar-refractivity contribution is -0.126. The van der Waals surface area contributed by atoms with Gasteiger partial charge in [0.25, 0.3) is 0 Å². The van der Waals surface area contributed by atoms with Gasteiger partial charge in [-0.2, -0.15) is 0 Å². The zero-order valence-corrected chi connectivity index (χ0v) is 12.1. The zero-order valence-electron chi connectivity index (χ0n) is 11.3. The summed E-state index contributed by atoms with van der Waals surface area (Å²) in [6.07, 6.45) is 2.54. The van der Waals surface area contributed by atoms with Gasteiger partial charge in [0, 0.05) is 33.1 Å². The molecule has 0 spiro atoms. The van der Waals surface area contributed by atoms with Gasteiger partial charge in [0.15, 0.2) is 0 Å². The minimum atomic E-state index is -3.23. The molecule has 8 heteroatoms. The monoisotopic (exact) mass is 291 g/mol. The molecule has 1 aliphatic heterocycles. The Balaban J connectivity index is 2.38. The Labute approximate surface area is 113 Å². The van der Waals surface area contributed by atoms with Crippen molar-refractivity contribution < 1.29 is 18.0 Å². The van der Waals surface area contributed by atoms with Gasteiger partial charge in [-0.05, 0) is 12.8 Å². The third-order valence-corrected chi connectivity index (χ3v) is 4.29. The molecule has 2 amide bonds. The van der Waals surface area contributed by atoms with Crippen molar-refractivity contribution in [3.8, 4) is 0 Å². The van der Waals surface area contributed by atoms with Gasteiger partial charge in [-0.1, -0.05) is 0 Å². The first kappa shape index (κ1) is 15.9. The molecule has 1 heterocycles. The van der Waals surface area contributed by atoms with Crippen LogP contribution in [0.5, 0.6) is 0 Å². The Morgan fingerprint density at radius 3 is 2.47 bits per heavy atom. The molecule has 1 fully saturated rings. The maximum Gasteiger partial charge on any atom is 0.224 e. The van der Waals surface area contributed by atoms with Crippen LogP contribution in [0, 0.1) is 5.92 Å². The molecule has 19 heavy (non-hydrogen) atoms. The van der Waals surface area contributed by atoms with Crippen LogP contribution in [0.3, 0.4) is 0 Å². The van der Waals surface area contributed by atoms with E-state index in [1.54, 1.807) is 0 Å². The Kier molecular flexibility index (Phi) is 5.74. The number of carbonyl (C=O) groups excluding carboxylic acids is 2. The molecule has 1 rings (SSSR count). The Morgan fingerprint density at radius 2 is 1.89 bits per heavy atom. The first-order valence-electron chi connectivity index (χ1n) is 6.28. The smallest absolute Gasteiger partial charge is 0.224 e. The molecule has 0 radical (unpaired) electrons. The van der Waals surface area contributed by atoms with E-state index in [0.29, 0.717) is 32.5 Å². The van der Waals surface area contributed by atoms with E-state index in [1.165, 1.54) is 11.2 Å². The van der Waals surface area contributed by atoms with Crippen molar-refractivity contribution in [2.24, 2.45) is 5.92 Å². The number of carbonyl (C=O) groups is 2. The maximum atomic E-state index is 11.9. The highest BCUT2D eigenvalue weighted by atomic mass is 32.2. The first-order valence-corrected chi connectivity index (χ1v) is 8.13. The molecule has 2 N–H and O–H groups in total. The Hall–Kier alpha value is -1.15. The quantitative estimate of drug-likeness (QED) is 0.629. The molecule has 0 saturated carbocycles. The standard InChI is InChI=1S/C11H21N3O4S/c1-9(15)12-5-6-13-11(16)10-4-3-7-14(8-10)19(2,17)18/h10H,3-8H2,1-2H3,(H,12,15)(H,13,16). The number of piperidine rings is 1. The van der Waals surface area contributed by atoms with Crippen LogP contribution in [0.4, 0.5) is 0 Å². The van der Waals surface area contributed by atoms with Crippen LogP contribution >= 0.6 is 0 Å².